The molecule has 0 spiro atoms. The molecule has 2 N–H and O–H groups in total. The van der Waals surface area contributed by atoms with E-state index in [4.69, 9.17) is 15.0 Å². The van der Waals surface area contributed by atoms with Crippen molar-refractivity contribution in [2.45, 2.75) is 18.9 Å². The number of benzene rings is 1. The summed E-state index contributed by atoms with van der Waals surface area (Å²) in [6.45, 7) is 0.765. The van der Waals surface area contributed by atoms with Crippen LogP contribution in [0, 0.1) is 0 Å². The third kappa shape index (κ3) is 2.01. The molecule has 5 heteroatoms. The maximum absolute atomic E-state index is 5.71. The molecule has 3 rings (SSSR count). The molecule has 1 aromatic heterocycles. The fourth-order valence-corrected chi connectivity index (χ4v) is 1.93. The minimum absolute atomic E-state index is 0.0442. The highest BCUT2D eigenvalue weighted by atomic mass is 16.5. The zero-order valence-corrected chi connectivity index (χ0v) is 9.30. The molecule has 1 saturated heterocycles. The summed E-state index contributed by atoms with van der Waals surface area (Å²) in [5.74, 6) is 1.11. The first-order valence-corrected chi connectivity index (χ1v) is 5.64. The summed E-state index contributed by atoms with van der Waals surface area (Å²) in [5.41, 5.74) is 7.26. The highest BCUT2D eigenvalue weighted by Gasteiger charge is 2.24. The monoisotopic (exact) mass is 231 g/mol. The Morgan fingerprint density at radius 3 is 3.06 bits per heavy atom. The van der Waals surface area contributed by atoms with Crippen LogP contribution in [0.25, 0.3) is 11.4 Å². The first kappa shape index (κ1) is 10.3. The van der Waals surface area contributed by atoms with Crippen LogP contribution in [0.4, 0.5) is 5.69 Å². The van der Waals surface area contributed by atoms with E-state index in [-0.39, 0.29) is 6.10 Å². The smallest absolute Gasteiger partial charge is 0.256 e. The number of anilines is 1. The van der Waals surface area contributed by atoms with Gasteiger partial charge < -0.3 is 15.0 Å². The lowest BCUT2D eigenvalue weighted by atomic mass is 10.2. The van der Waals surface area contributed by atoms with Crippen LogP contribution < -0.4 is 5.73 Å². The molecule has 1 aliphatic rings. The average Bonchev–Trinajstić information content (AvgIpc) is 3.00. The van der Waals surface area contributed by atoms with E-state index in [0.717, 1.165) is 25.0 Å². The van der Waals surface area contributed by atoms with E-state index < -0.39 is 0 Å². The van der Waals surface area contributed by atoms with Gasteiger partial charge in [-0.25, -0.2) is 0 Å². The first-order valence-electron chi connectivity index (χ1n) is 5.64. The Bertz CT molecular complexity index is 518. The zero-order chi connectivity index (χ0) is 11.7. The molecule has 1 aliphatic heterocycles. The van der Waals surface area contributed by atoms with Gasteiger partial charge in [-0.15, -0.1) is 0 Å². The molecule has 88 valence electrons. The third-order valence-electron chi connectivity index (χ3n) is 2.79. The minimum atomic E-state index is -0.0442. The first-order chi connectivity index (χ1) is 8.33. The highest BCUT2D eigenvalue weighted by molar-refractivity contribution is 5.60. The SMILES string of the molecule is Nc1cccc(-c2noc([C@H]3CCCO3)n2)c1. The molecular formula is C12H13N3O2. The normalized spacial score (nSPS) is 19.6. The summed E-state index contributed by atoms with van der Waals surface area (Å²) in [4.78, 5) is 4.35. The number of aromatic nitrogens is 2. The quantitative estimate of drug-likeness (QED) is 0.802. The van der Waals surface area contributed by atoms with E-state index in [2.05, 4.69) is 10.1 Å². The minimum Gasteiger partial charge on any atom is -0.399 e. The summed E-state index contributed by atoms with van der Waals surface area (Å²) < 4.78 is 10.7. The van der Waals surface area contributed by atoms with E-state index in [1.807, 2.05) is 24.3 Å². The predicted molar refractivity (Wildman–Crippen MR) is 62.1 cm³/mol. The van der Waals surface area contributed by atoms with Crippen LogP contribution in [-0.2, 0) is 4.74 Å². The fraction of sp³-hybridized carbons (Fsp3) is 0.333. The van der Waals surface area contributed by atoms with Crippen LogP contribution in [0.5, 0.6) is 0 Å². The summed E-state index contributed by atoms with van der Waals surface area (Å²) in [6.07, 6.45) is 1.94. The lowest BCUT2D eigenvalue weighted by Gasteiger charge is -2.00. The van der Waals surface area contributed by atoms with Crippen molar-refractivity contribution in [3.8, 4) is 11.4 Å². The van der Waals surface area contributed by atoms with Gasteiger partial charge in [-0.2, -0.15) is 4.98 Å². The third-order valence-corrected chi connectivity index (χ3v) is 2.79. The molecule has 0 saturated carbocycles. The Hall–Kier alpha value is -1.88. The molecule has 0 aliphatic carbocycles. The van der Waals surface area contributed by atoms with Crippen molar-refractivity contribution in [2.24, 2.45) is 0 Å². The zero-order valence-electron chi connectivity index (χ0n) is 9.30. The van der Waals surface area contributed by atoms with Gasteiger partial charge in [0, 0.05) is 17.9 Å². The van der Waals surface area contributed by atoms with Gasteiger partial charge in [-0.05, 0) is 25.0 Å². The van der Waals surface area contributed by atoms with E-state index >= 15 is 0 Å². The van der Waals surface area contributed by atoms with Crippen molar-refractivity contribution >= 4 is 5.69 Å². The summed E-state index contributed by atoms with van der Waals surface area (Å²) >= 11 is 0. The van der Waals surface area contributed by atoms with Crippen LogP contribution in [0.3, 0.4) is 0 Å². The Kier molecular flexibility index (Phi) is 2.53. The molecule has 0 radical (unpaired) electrons. The van der Waals surface area contributed by atoms with Gasteiger partial charge in [0.2, 0.25) is 5.82 Å². The summed E-state index contributed by atoms with van der Waals surface area (Å²) in [7, 11) is 0. The Labute approximate surface area is 98.6 Å². The molecule has 1 atom stereocenters. The van der Waals surface area contributed by atoms with E-state index in [9.17, 15) is 0 Å². The maximum Gasteiger partial charge on any atom is 0.256 e. The molecule has 0 unspecified atom stereocenters. The molecule has 5 nitrogen and oxygen atoms in total. The molecule has 2 heterocycles. The molecular weight excluding hydrogens is 218 g/mol. The number of hydrogen-bond acceptors (Lipinski definition) is 5. The van der Waals surface area contributed by atoms with Crippen LogP contribution in [0.1, 0.15) is 24.8 Å². The Balaban J connectivity index is 1.89. The average molecular weight is 231 g/mol. The number of ether oxygens (including phenoxy) is 1. The van der Waals surface area contributed by atoms with Crippen LogP contribution in [0.2, 0.25) is 0 Å². The van der Waals surface area contributed by atoms with E-state index in [1.54, 1.807) is 0 Å². The van der Waals surface area contributed by atoms with Crippen LogP contribution in [0.15, 0.2) is 28.8 Å². The Morgan fingerprint density at radius 1 is 1.35 bits per heavy atom. The number of rotatable bonds is 2. The summed E-state index contributed by atoms with van der Waals surface area (Å²) in [6, 6.07) is 7.42. The van der Waals surface area contributed by atoms with Gasteiger partial charge in [0.1, 0.15) is 6.10 Å². The van der Waals surface area contributed by atoms with Gasteiger partial charge in [0.05, 0.1) is 0 Å². The van der Waals surface area contributed by atoms with Crippen molar-refractivity contribution in [1.29, 1.82) is 0 Å². The lowest BCUT2D eigenvalue weighted by molar-refractivity contribution is 0.0835. The van der Waals surface area contributed by atoms with Gasteiger partial charge >= 0.3 is 0 Å². The molecule has 0 bridgehead atoms. The highest BCUT2D eigenvalue weighted by Crippen LogP contribution is 2.28. The van der Waals surface area contributed by atoms with E-state index in [1.165, 1.54) is 0 Å². The largest absolute Gasteiger partial charge is 0.399 e. The Morgan fingerprint density at radius 2 is 2.29 bits per heavy atom. The molecule has 1 fully saturated rings. The fourth-order valence-electron chi connectivity index (χ4n) is 1.93. The van der Waals surface area contributed by atoms with E-state index in [0.29, 0.717) is 17.4 Å². The van der Waals surface area contributed by atoms with Crippen molar-refractivity contribution < 1.29 is 9.26 Å². The molecule has 17 heavy (non-hydrogen) atoms. The topological polar surface area (TPSA) is 74.2 Å². The van der Waals surface area contributed by atoms with Crippen molar-refractivity contribution in [3.05, 3.63) is 30.2 Å². The maximum atomic E-state index is 5.71. The standard InChI is InChI=1S/C12H13N3O2/c13-9-4-1-3-8(7-9)11-14-12(17-15-11)10-5-2-6-16-10/h1,3-4,7,10H,2,5-6,13H2/t10-/m1/s1. The molecule has 1 aromatic carbocycles. The van der Waals surface area contributed by atoms with Crippen molar-refractivity contribution in [3.63, 3.8) is 0 Å². The van der Waals surface area contributed by atoms with Gasteiger partial charge in [0.15, 0.2) is 0 Å². The van der Waals surface area contributed by atoms with Gasteiger partial charge in [-0.3, -0.25) is 0 Å². The molecule has 0 amide bonds. The van der Waals surface area contributed by atoms with Crippen LogP contribution >= 0.6 is 0 Å². The summed E-state index contributed by atoms with van der Waals surface area (Å²) in [5, 5.41) is 3.95. The predicted octanol–water partition coefficient (Wildman–Crippen LogP) is 2.17. The number of nitrogens with two attached hydrogens (primary N) is 1. The molecule has 2 aromatic rings. The number of hydrogen-bond donors (Lipinski definition) is 1. The van der Waals surface area contributed by atoms with Crippen molar-refractivity contribution in [2.75, 3.05) is 12.3 Å². The number of nitrogen functional groups attached to an aromatic ring is 1. The van der Waals surface area contributed by atoms with Gasteiger partial charge in [0.25, 0.3) is 5.89 Å². The second-order valence-electron chi connectivity index (χ2n) is 4.08. The second-order valence-corrected chi connectivity index (χ2v) is 4.08. The van der Waals surface area contributed by atoms with Crippen molar-refractivity contribution in [1.82, 2.24) is 10.1 Å². The van der Waals surface area contributed by atoms with Crippen LogP contribution in [-0.4, -0.2) is 16.7 Å². The number of nitrogens with zero attached hydrogens (tertiary/aromatic N) is 2. The lowest BCUT2D eigenvalue weighted by Crippen LogP contribution is -1.95. The second kappa shape index (κ2) is 4.18. The van der Waals surface area contributed by atoms with Gasteiger partial charge in [-0.1, -0.05) is 17.3 Å².